The van der Waals surface area contributed by atoms with Crippen molar-refractivity contribution >= 4 is 92.7 Å². The Morgan fingerprint density at radius 1 is 0.670 bits per heavy atom. The molecular weight excluding hydrogens is 1490 g/mol. The zero-order chi connectivity index (χ0) is 85.1. The predicted molar refractivity (Wildman–Crippen MR) is 424 cm³/mol. The van der Waals surface area contributed by atoms with Crippen LogP contribution in [-0.4, -0.2) is 206 Å². The number of hydrogen-bond donors (Lipinski definition) is 18. The monoisotopic (exact) mass is 1610 g/mol. The van der Waals surface area contributed by atoms with Gasteiger partial charge in [-0.3, -0.25) is 67.1 Å². The average Bonchev–Trinajstić information content (AvgIpc) is 1.13. The lowest BCUT2D eigenvalue weighted by atomic mass is 9.84. The Kier molecular flexibility index (Phi) is 40.1. The molecular formula is C81H117F2N15O17. The number of phenols is 1. The third-order valence-corrected chi connectivity index (χ3v) is 20.4. The molecule has 5 rings (SSSR count). The number of Topliss-reactive ketones (excluding diaryl/α,β-unsaturated/α-hetero) is 8. The van der Waals surface area contributed by atoms with E-state index in [9.17, 15) is 86.4 Å². The number of H-pyrrole nitrogens is 1. The van der Waals surface area contributed by atoms with Crippen molar-refractivity contribution in [2.45, 2.75) is 248 Å². The van der Waals surface area contributed by atoms with E-state index >= 15 is 4.79 Å². The van der Waals surface area contributed by atoms with E-state index in [0.29, 0.717) is 60.6 Å². The molecule has 632 valence electrons. The van der Waals surface area contributed by atoms with E-state index in [4.69, 9.17) is 17.2 Å². The summed E-state index contributed by atoms with van der Waals surface area (Å²) >= 11 is 0. The van der Waals surface area contributed by atoms with Gasteiger partial charge in [0.05, 0.1) is 81.0 Å². The average molecular weight is 1610 g/mol. The van der Waals surface area contributed by atoms with Crippen LogP contribution in [0, 0.1) is 17.6 Å². The number of nitrogens with two attached hydrogens (primary N) is 3. The van der Waals surface area contributed by atoms with Gasteiger partial charge in [0.2, 0.25) is 41.1 Å². The number of nitrogens with one attached hydrogen (secondary N) is 12. The highest BCUT2D eigenvalue weighted by atomic mass is 19.2. The number of carboxylic acid groups (broad SMARTS) is 1. The summed E-state index contributed by atoms with van der Waals surface area (Å²) in [6.45, 7) is 9.16. The molecule has 0 spiro atoms. The summed E-state index contributed by atoms with van der Waals surface area (Å²) in [6, 6.07) is 2.84. The summed E-state index contributed by atoms with van der Waals surface area (Å²) in [5.41, 5.74) is 26.9. The Labute approximate surface area is 668 Å². The molecule has 1 aliphatic rings. The van der Waals surface area contributed by atoms with Gasteiger partial charge >= 0.3 is 5.97 Å². The third-order valence-electron chi connectivity index (χ3n) is 20.4. The van der Waals surface area contributed by atoms with E-state index in [0.717, 1.165) is 12.1 Å². The predicted octanol–water partition coefficient (Wildman–Crippen LogP) is 1.75. The number of ketones is 8. The van der Waals surface area contributed by atoms with Crippen LogP contribution in [0.4, 0.5) is 8.78 Å². The van der Waals surface area contributed by atoms with Crippen LogP contribution < -0.4 is 76.1 Å². The minimum atomic E-state index is -2.09. The lowest BCUT2D eigenvalue weighted by Gasteiger charge is -2.33. The number of aliphatic hydroxyl groups excluding tert-OH is 1. The van der Waals surface area contributed by atoms with Crippen molar-refractivity contribution in [1.29, 1.82) is 0 Å². The summed E-state index contributed by atoms with van der Waals surface area (Å²) in [5.74, 6) is -14.1. The summed E-state index contributed by atoms with van der Waals surface area (Å²) < 4.78 is 28.3. The van der Waals surface area contributed by atoms with Crippen LogP contribution in [0.5, 0.6) is 5.75 Å². The molecule has 4 aromatic rings. The molecule has 115 heavy (non-hydrogen) atoms. The van der Waals surface area contributed by atoms with Crippen molar-refractivity contribution in [2.24, 2.45) is 23.1 Å². The number of carbonyl (C=O) groups excluding carboxylic acids is 13. The van der Waals surface area contributed by atoms with Crippen LogP contribution in [0.25, 0.3) is 10.9 Å². The van der Waals surface area contributed by atoms with Gasteiger partial charge in [-0.1, -0.05) is 81.7 Å². The number of amides is 5. The number of halogens is 2. The molecule has 0 fully saturated rings. The number of para-hydroxylation sites is 1. The Morgan fingerprint density at radius 3 is 1.98 bits per heavy atom. The number of carboxylic acids is 1. The van der Waals surface area contributed by atoms with E-state index < -0.39 is 192 Å². The van der Waals surface area contributed by atoms with E-state index in [1.54, 1.807) is 37.4 Å². The molecule has 0 unspecified atom stereocenters. The highest BCUT2D eigenvalue weighted by Crippen LogP contribution is 2.25. The molecule has 0 saturated carbocycles. The van der Waals surface area contributed by atoms with Gasteiger partial charge in [0.1, 0.15) is 28.9 Å². The summed E-state index contributed by atoms with van der Waals surface area (Å²) in [4.78, 5) is 198. The summed E-state index contributed by atoms with van der Waals surface area (Å²) in [7, 11) is 0. The summed E-state index contributed by atoms with van der Waals surface area (Å²) in [6.07, 6.45) is 5.06. The number of aliphatic hydroxyl groups is 1. The number of hydrazine groups is 2. The van der Waals surface area contributed by atoms with Crippen LogP contribution in [0.1, 0.15) is 174 Å². The van der Waals surface area contributed by atoms with Crippen molar-refractivity contribution in [2.75, 3.05) is 32.8 Å². The second kappa shape index (κ2) is 48.0. The van der Waals surface area contributed by atoms with Crippen LogP contribution in [0.3, 0.4) is 0 Å². The fourth-order valence-electron chi connectivity index (χ4n) is 12.9. The zero-order valence-electron chi connectivity index (χ0n) is 66.7. The van der Waals surface area contributed by atoms with Crippen LogP contribution in [-0.2, 0) is 86.4 Å². The number of aromatic hydroxyl groups is 1. The van der Waals surface area contributed by atoms with Crippen LogP contribution in [0.2, 0.25) is 0 Å². The maximum Gasteiger partial charge on any atom is 0.303 e. The number of aromatic amines is 1. The minimum Gasteiger partial charge on any atom is -0.508 e. The fraction of sp³-hybridized carbons (Fsp3) is 0.556. The first-order valence-electron chi connectivity index (χ1n) is 39.2. The molecule has 2 heterocycles. The zero-order valence-corrected chi connectivity index (χ0v) is 66.7. The second-order valence-electron chi connectivity index (χ2n) is 30.4. The van der Waals surface area contributed by atoms with E-state index in [2.05, 4.69) is 63.9 Å². The second-order valence-corrected chi connectivity index (χ2v) is 30.4. The lowest BCUT2D eigenvalue weighted by molar-refractivity contribution is -0.144. The van der Waals surface area contributed by atoms with E-state index in [1.807, 2.05) is 26.0 Å². The largest absolute Gasteiger partial charge is 0.508 e. The molecule has 0 saturated heterocycles. The molecule has 5 amide bonds. The number of allylic oxidation sites excluding steroid dienone is 2. The molecule has 0 radical (unpaired) electrons. The minimum absolute atomic E-state index is 0.00813. The first kappa shape index (κ1) is 96.0. The van der Waals surface area contributed by atoms with Crippen molar-refractivity contribution in [1.82, 2.24) is 63.9 Å². The summed E-state index contributed by atoms with van der Waals surface area (Å²) in [5, 5.41) is 50.7. The standard InChI is InChI=1S/C81H117F2N15O17/c1-47(2)21-28-62-78(114)94-81(7,79(115)92-65(46-99)71(106)45-88-48(3)66(101)33-36-87-50(5)69(104)42-84)35-18-14-12-10-8-9-11-13-17-34-80(6,93-76(112)58(85)38-52-24-27-56(82)57(83)37-52)75(111)74(110)61(30-32-73(108)109)91-77(113)64(39-51-22-25-54(100)26-23-51)98-97-63(40-53-43-90-59-20-16-15-19-55(53)59)68(103)41-67(102)49(4)89-44-70(105)60(95-96-62)29-31-72(86)107/h10,12,15-16,19-20,22-27,37,43,47-50,58,60-65,87-90,95-100H,8-9,11,13-14,17-18,21,28-36,38-42,44-46,84-85H2,1-7H3,(H2,86,107)(H,91,113)(H,92,115)(H,93,112)(H,94,114)(H,108,109)/t48-,49-,50-,58-,60-,61-,62-,63-,64-,65-,80+,81-/m0/s1. The Balaban J connectivity index is 1.53. The molecule has 12 atom stereocenters. The van der Waals surface area contributed by atoms with Crippen molar-refractivity contribution in [3.63, 3.8) is 0 Å². The van der Waals surface area contributed by atoms with Crippen LogP contribution in [0.15, 0.2) is 85.1 Å². The fourth-order valence-corrected chi connectivity index (χ4v) is 12.9. The first-order chi connectivity index (χ1) is 54.5. The Bertz CT molecular complexity index is 4030. The first-order valence-corrected chi connectivity index (χ1v) is 39.2. The number of aliphatic carboxylic acids is 1. The molecule has 0 bridgehead atoms. The lowest BCUT2D eigenvalue weighted by Crippen LogP contribution is -2.64. The number of carbonyl (C=O) groups is 14. The van der Waals surface area contributed by atoms with Gasteiger partial charge < -0.3 is 74.7 Å². The number of phenolic OH excluding ortho intramolecular Hbond substituents is 1. The topological polar surface area (TPSA) is 526 Å². The molecule has 3 aromatic carbocycles. The van der Waals surface area contributed by atoms with Gasteiger partial charge in [-0.05, 0) is 171 Å². The maximum absolute atomic E-state index is 15.0. The smallest absolute Gasteiger partial charge is 0.303 e. The molecule has 1 aliphatic heterocycles. The number of hydrogen-bond acceptors (Lipinski definition) is 25. The number of fused-ring (bicyclic) bond motifs is 1. The highest BCUT2D eigenvalue weighted by Gasteiger charge is 2.44. The van der Waals surface area contributed by atoms with Gasteiger partial charge in [0.15, 0.2) is 46.3 Å². The van der Waals surface area contributed by atoms with Gasteiger partial charge in [0.25, 0.3) is 0 Å². The number of aromatic nitrogens is 1. The normalized spacial score (nSPS) is 22.8. The molecule has 32 nitrogen and oxygen atoms in total. The van der Waals surface area contributed by atoms with E-state index in [-0.39, 0.29) is 113 Å². The quantitative estimate of drug-likeness (QED) is 0.0194. The molecule has 0 aliphatic carbocycles. The van der Waals surface area contributed by atoms with Gasteiger partial charge in [-0.15, -0.1) is 0 Å². The molecule has 1 aromatic heterocycles. The van der Waals surface area contributed by atoms with Gasteiger partial charge in [-0.2, -0.15) is 0 Å². The number of rotatable bonds is 31. The number of benzene rings is 3. The maximum atomic E-state index is 15.0. The van der Waals surface area contributed by atoms with E-state index in [1.165, 1.54) is 58.0 Å². The Hall–Kier alpha value is -9.62. The van der Waals surface area contributed by atoms with Crippen molar-refractivity contribution in [3.8, 4) is 5.75 Å². The van der Waals surface area contributed by atoms with Gasteiger partial charge in [0, 0.05) is 42.9 Å². The molecule has 34 heteroatoms. The van der Waals surface area contributed by atoms with Crippen molar-refractivity contribution < 1.29 is 91.2 Å². The van der Waals surface area contributed by atoms with Crippen LogP contribution >= 0.6 is 0 Å². The Morgan fingerprint density at radius 2 is 1.31 bits per heavy atom. The highest BCUT2D eigenvalue weighted by molar-refractivity contribution is 6.43. The molecule has 21 N–H and O–H groups in total. The third kappa shape index (κ3) is 32.2. The SMILES string of the molecule is CC(C)CC[C@@H]1NN[C@@H](CCC(N)=O)C(=O)CN[C@@H](C)C(=O)CC(=O)[C@H](Cc2c[nH]c3ccccc23)NN[C@@H](Cc2ccc(O)cc2)C(=O)N[C@@H](CCC(=O)O)C(=O)C(=O)[C@](C)(NC(=O)[C@@H](N)Cc2ccc(F)c(F)c2)CCCCCCC=CCCC[C@@](C)(C(=O)N[C@@H](CO)C(=O)CN[C@@H](C)C(=O)CCN[C@@H](C)C(=O)CN)NC1=O. The van der Waals surface area contributed by atoms with Gasteiger partial charge in [-0.25, -0.2) is 30.5 Å². The van der Waals surface area contributed by atoms with Crippen molar-refractivity contribution in [3.05, 3.63) is 113 Å². The number of primary amides is 1.